The van der Waals surface area contributed by atoms with E-state index in [4.69, 9.17) is 21.1 Å². The number of amides is 1. The molecule has 3 aromatic rings. The number of aryl methyl sites for hydroxylation is 2. The zero-order chi connectivity index (χ0) is 22.5. The first kappa shape index (κ1) is 22.8. The summed E-state index contributed by atoms with van der Waals surface area (Å²) in [4.78, 5) is 26.6. The Morgan fingerprint density at radius 1 is 1.13 bits per heavy atom. The van der Waals surface area contributed by atoms with Crippen molar-refractivity contribution in [2.24, 2.45) is 0 Å². The van der Waals surface area contributed by atoms with Crippen molar-refractivity contribution in [2.45, 2.75) is 33.8 Å². The van der Waals surface area contributed by atoms with Gasteiger partial charge in [-0.05, 0) is 57.0 Å². The smallest absolute Gasteiger partial charge is 0.341 e. The zero-order valence-corrected chi connectivity index (χ0v) is 19.4. The molecule has 1 atom stereocenters. The summed E-state index contributed by atoms with van der Waals surface area (Å²) in [5.41, 5.74) is 2.85. The molecule has 0 bridgehead atoms. The number of anilines is 1. The van der Waals surface area contributed by atoms with Crippen LogP contribution < -0.4 is 10.1 Å². The minimum Gasteiger partial charge on any atom is -0.481 e. The van der Waals surface area contributed by atoms with Gasteiger partial charge in [0.25, 0.3) is 5.91 Å². The third kappa shape index (κ3) is 5.27. The maximum absolute atomic E-state index is 12.9. The van der Waals surface area contributed by atoms with Crippen LogP contribution in [0.15, 0.2) is 48.5 Å². The van der Waals surface area contributed by atoms with Crippen LogP contribution in [0.25, 0.3) is 11.1 Å². The Hall–Kier alpha value is -2.83. The van der Waals surface area contributed by atoms with Crippen LogP contribution in [-0.4, -0.2) is 24.6 Å². The maximum atomic E-state index is 12.9. The Kier molecular flexibility index (Phi) is 7.36. The average molecular weight is 458 g/mol. The summed E-state index contributed by atoms with van der Waals surface area (Å²) in [5.74, 6) is -0.256. The van der Waals surface area contributed by atoms with Gasteiger partial charge in [0.1, 0.15) is 16.3 Å². The molecule has 7 heteroatoms. The van der Waals surface area contributed by atoms with Crippen LogP contribution in [0.2, 0.25) is 5.02 Å². The molecule has 0 aliphatic rings. The van der Waals surface area contributed by atoms with E-state index in [0.29, 0.717) is 21.3 Å². The minimum absolute atomic E-state index is 0.241. The van der Waals surface area contributed by atoms with Crippen LogP contribution in [0.4, 0.5) is 5.00 Å². The monoisotopic (exact) mass is 457 g/mol. The number of carbonyl (C=O) groups excluding carboxylic acids is 2. The van der Waals surface area contributed by atoms with Crippen LogP contribution >= 0.6 is 22.9 Å². The second-order valence-electron chi connectivity index (χ2n) is 6.98. The van der Waals surface area contributed by atoms with Crippen molar-refractivity contribution in [2.75, 3.05) is 11.9 Å². The quantitative estimate of drug-likeness (QED) is 0.425. The molecule has 0 radical (unpaired) electrons. The number of benzene rings is 2. The van der Waals surface area contributed by atoms with Crippen LogP contribution in [0, 0.1) is 13.8 Å². The summed E-state index contributed by atoms with van der Waals surface area (Å²) >= 11 is 7.33. The molecule has 0 aliphatic heterocycles. The van der Waals surface area contributed by atoms with E-state index in [1.165, 1.54) is 11.3 Å². The van der Waals surface area contributed by atoms with E-state index < -0.39 is 12.1 Å². The summed E-state index contributed by atoms with van der Waals surface area (Å²) in [5, 5.41) is 3.91. The summed E-state index contributed by atoms with van der Waals surface area (Å²) in [6, 6.07) is 14.8. The lowest BCUT2D eigenvalue weighted by Gasteiger charge is -2.16. The Labute approximate surface area is 191 Å². The average Bonchev–Trinajstić information content (AvgIpc) is 3.06. The van der Waals surface area contributed by atoms with Gasteiger partial charge in [-0.25, -0.2) is 4.79 Å². The Morgan fingerprint density at radius 2 is 1.84 bits per heavy atom. The first-order valence-electron chi connectivity index (χ1n) is 9.91. The molecule has 5 nitrogen and oxygen atoms in total. The van der Waals surface area contributed by atoms with Crippen molar-refractivity contribution in [1.29, 1.82) is 0 Å². The molecule has 0 saturated carbocycles. The van der Waals surface area contributed by atoms with Crippen LogP contribution in [0.5, 0.6) is 5.75 Å². The van der Waals surface area contributed by atoms with E-state index in [0.717, 1.165) is 21.6 Å². The Balaban J connectivity index is 1.89. The van der Waals surface area contributed by atoms with Gasteiger partial charge in [0.2, 0.25) is 0 Å². The molecule has 1 N–H and O–H groups in total. The highest BCUT2D eigenvalue weighted by Gasteiger charge is 2.27. The number of nitrogens with one attached hydrogen (secondary N) is 1. The van der Waals surface area contributed by atoms with Gasteiger partial charge in [-0.1, -0.05) is 41.9 Å². The minimum atomic E-state index is -0.780. The number of esters is 1. The first-order valence-corrected chi connectivity index (χ1v) is 11.1. The highest BCUT2D eigenvalue weighted by Crippen LogP contribution is 2.40. The number of rotatable bonds is 7. The fourth-order valence-electron chi connectivity index (χ4n) is 3.19. The van der Waals surface area contributed by atoms with Gasteiger partial charge in [-0.3, -0.25) is 4.79 Å². The molecule has 162 valence electrons. The molecule has 1 unspecified atom stereocenters. The third-order valence-corrected chi connectivity index (χ3v) is 5.93. The van der Waals surface area contributed by atoms with E-state index in [1.807, 2.05) is 44.2 Å². The maximum Gasteiger partial charge on any atom is 0.341 e. The number of hydrogen-bond donors (Lipinski definition) is 1. The topological polar surface area (TPSA) is 64.6 Å². The lowest BCUT2D eigenvalue weighted by molar-refractivity contribution is -0.122. The van der Waals surface area contributed by atoms with Crippen molar-refractivity contribution in [3.8, 4) is 16.9 Å². The molecular weight excluding hydrogens is 434 g/mol. The molecule has 31 heavy (non-hydrogen) atoms. The SMILES string of the molecule is CCOC(=O)c1c(NC(=O)C(C)Oc2ccc(Cl)cc2C)sc(C)c1-c1ccccc1. The predicted octanol–water partition coefficient (Wildman–Crippen LogP) is 6.27. The molecule has 2 aromatic carbocycles. The van der Waals surface area contributed by atoms with Gasteiger partial charge in [-0.2, -0.15) is 0 Å². The highest BCUT2D eigenvalue weighted by molar-refractivity contribution is 7.17. The lowest BCUT2D eigenvalue weighted by Crippen LogP contribution is -2.30. The number of halogens is 1. The summed E-state index contributed by atoms with van der Waals surface area (Å²) in [6.45, 7) is 7.43. The highest BCUT2D eigenvalue weighted by atomic mass is 35.5. The third-order valence-electron chi connectivity index (χ3n) is 4.67. The van der Waals surface area contributed by atoms with Crippen LogP contribution in [0.1, 0.15) is 34.6 Å². The molecule has 0 fully saturated rings. The van der Waals surface area contributed by atoms with E-state index in [9.17, 15) is 9.59 Å². The second-order valence-corrected chi connectivity index (χ2v) is 8.64. The van der Waals surface area contributed by atoms with Crippen molar-refractivity contribution >= 4 is 39.8 Å². The number of ether oxygens (including phenoxy) is 2. The molecule has 3 rings (SSSR count). The lowest BCUT2D eigenvalue weighted by atomic mass is 10.0. The van der Waals surface area contributed by atoms with Gasteiger partial charge in [0.05, 0.1) is 6.61 Å². The van der Waals surface area contributed by atoms with Gasteiger partial charge in [-0.15, -0.1) is 11.3 Å². The van der Waals surface area contributed by atoms with Gasteiger partial charge >= 0.3 is 5.97 Å². The second kappa shape index (κ2) is 9.98. The predicted molar refractivity (Wildman–Crippen MR) is 125 cm³/mol. The fraction of sp³-hybridized carbons (Fsp3) is 0.250. The van der Waals surface area contributed by atoms with Crippen molar-refractivity contribution in [3.05, 3.63) is 69.6 Å². The van der Waals surface area contributed by atoms with Crippen LogP contribution in [0.3, 0.4) is 0 Å². The molecule has 0 spiro atoms. The zero-order valence-electron chi connectivity index (χ0n) is 17.8. The number of thiophene rings is 1. The van der Waals surface area contributed by atoms with E-state index in [1.54, 1.807) is 32.0 Å². The van der Waals surface area contributed by atoms with Crippen LogP contribution in [-0.2, 0) is 9.53 Å². The Morgan fingerprint density at radius 3 is 2.48 bits per heavy atom. The summed E-state index contributed by atoms with van der Waals surface area (Å²) in [7, 11) is 0. The van der Waals surface area contributed by atoms with Gasteiger partial charge in [0.15, 0.2) is 6.10 Å². The summed E-state index contributed by atoms with van der Waals surface area (Å²) in [6.07, 6.45) is -0.780. The molecular formula is C24H24ClNO4S. The fourth-order valence-corrected chi connectivity index (χ4v) is 4.48. The number of carbonyl (C=O) groups is 2. The normalized spacial score (nSPS) is 11.6. The van der Waals surface area contributed by atoms with Gasteiger partial charge < -0.3 is 14.8 Å². The van der Waals surface area contributed by atoms with E-state index in [-0.39, 0.29) is 12.5 Å². The van der Waals surface area contributed by atoms with Crippen molar-refractivity contribution < 1.29 is 19.1 Å². The Bertz CT molecular complexity index is 1090. The van der Waals surface area contributed by atoms with Gasteiger partial charge in [0, 0.05) is 15.5 Å². The standard InChI is InChI=1S/C24H24ClNO4S/c1-5-29-24(28)21-20(17-9-7-6-8-10-17)16(4)31-23(21)26-22(27)15(3)30-19-12-11-18(25)13-14(19)2/h6-13,15H,5H2,1-4H3,(H,26,27). The van der Waals surface area contributed by atoms with E-state index in [2.05, 4.69) is 5.32 Å². The van der Waals surface area contributed by atoms with E-state index >= 15 is 0 Å². The summed E-state index contributed by atoms with van der Waals surface area (Å²) < 4.78 is 11.1. The molecule has 0 aliphatic carbocycles. The number of hydrogen-bond acceptors (Lipinski definition) is 5. The van der Waals surface area contributed by atoms with Crippen molar-refractivity contribution in [3.63, 3.8) is 0 Å². The molecule has 1 amide bonds. The molecule has 1 heterocycles. The van der Waals surface area contributed by atoms with Crippen molar-refractivity contribution in [1.82, 2.24) is 0 Å². The molecule has 0 saturated heterocycles. The largest absolute Gasteiger partial charge is 0.481 e. The molecule has 1 aromatic heterocycles. The first-order chi connectivity index (χ1) is 14.8.